The summed E-state index contributed by atoms with van der Waals surface area (Å²) in [4.78, 5) is -0.140. The Kier molecular flexibility index (Phi) is 9.41. The maximum absolute atomic E-state index is 10.8. The topological polar surface area (TPSA) is 54.0 Å². The molecule has 0 aliphatic rings. The average Bonchev–Trinajstić information content (AvgIpc) is 2.49. The van der Waals surface area contributed by atoms with Crippen molar-refractivity contribution in [2.45, 2.75) is 82.4 Å². The molecular weight excluding hydrogens is 296 g/mol. The summed E-state index contributed by atoms with van der Waals surface area (Å²) in [5, 5.41) is 0. The van der Waals surface area contributed by atoms with E-state index in [4.69, 9.17) is 0 Å². The Balaban J connectivity index is 2.05. The van der Waals surface area contributed by atoms with Crippen molar-refractivity contribution in [3.63, 3.8) is 0 Å². The Morgan fingerprint density at radius 3 is 1.64 bits per heavy atom. The van der Waals surface area contributed by atoms with Gasteiger partial charge in [-0.25, -0.2) is 0 Å². The van der Waals surface area contributed by atoms with Gasteiger partial charge in [0.15, 0.2) is 0 Å². The van der Waals surface area contributed by atoms with Crippen LogP contribution >= 0.6 is 0 Å². The molecule has 4 heteroatoms. The number of aryl methyl sites for hydroxylation is 1. The largest absolute Gasteiger partial charge is 0.324 e. The van der Waals surface area contributed by atoms with Gasteiger partial charge in [-0.05, 0) is 30.5 Å². The third kappa shape index (κ3) is 8.54. The molecule has 0 saturated heterocycles. The van der Waals surface area contributed by atoms with Crippen molar-refractivity contribution in [3.05, 3.63) is 29.8 Å². The first-order valence-electron chi connectivity index (χ1n) is 8.59. The molecule has 0 aliphatic carbocycles. The van der Waals surface area contributed by atoms with Crippen molar-refractivity contribution in [1.82, 2.24) is 0 Å². The summed E-state index contributed by atoms with van der Waals surface area (Å²) in [5.41, 5.74) is 1.10. The summed E-state index contributed by atoms with van der Waals surface area (Å²) < 4.78 is 32.5. The van der Waals surface area contributed by atoms with Crippen molar-refractivity contribution >= 4 is 10.1 Å². The highest BCUT2D eigenvalue weighted by molar-refractivity contribution is 7.85. The summed E-state index contributed by atoms with van der Waals surface area (Å²) in [7, 11) is -4.31. The van der Waals surface area contributed by atoms with Crippen LogP contribution in [0.15, 0.2) is 29.2 Å². The van der Waals surface area contributed by atoms with Crippen LogP contribution in [0.2, 0.25) is 0 Å². The van der Waals surface area contributed by atoms with Gasteiger partial charge in [0.25, 0.3) is 0 Å². The van der Waals surface area contributed by atoms with Gasteiger partial charge >= 0.3 is 10.1 Å². The number of rotatable bonds is 12. The van der Waals surface area contributed by atoms with Crippen LogP contribution in [0.3, 0.4) is 0 Å². The first kappa shape index (κ1) is 19.2. The molecule has 0 heterocycles. The molecule has 1 aromatic rings. The van der Waals surface area contributed by atoms with E-state index >= 15 is 0 Å². The Hall–Kier alpha value is -0.870. The van der Waals surface area contributed by atoms with Gasteiger partial charge in [0.1, 0.15) is 0 Å². The molecule has 0 bridgehead atoms. The zero-order valence-corrected chi connectivity index (χ0v) is 14.5. The van der Waals surface area contributed by atoms with Crippen LogP contribution in [0.4, 0.5) is 0 Å². The SMILES string of the molecule is CCCCCCCCCCCCc1ccc(S([O])(=O)=O)cc1. The zero-order chi connectivity index (χ0) is 16.3. The molecule has 0 atom stereocenters. The van der Waals surface area contributed by atoms with Gasteiger partial charge in [0, 0.05) is 0 Å². The number of unbranched alkanes of at least 4 members (excludes halogenated alkanes) is 9. The number of hydrogen-bond acceptors (Lipinski definition) is 2. The van der Waals surface area contributed by atoms with Crippen LogP contribution in [0.1, 0.15) is 76.7 Å². The lowest BCUT2D eigenvalue weighted by Gasteiger charge is -2.03. The minimum absolute atomic E-state index is 0.140. The summed E-state index contributed by atoms with van der Waals surface area (Å²) in [6.45, 7) is 2.24. The highest BCUT2D eigenvalue weighted by Gasteiger charge is 2.10. The fraction of sp³-hybridized carbons (Fsp3) is 0.667. The second-order valence-electron chi connectivity index (χ2n) is 6.03. The van der Waals surface area contributed by atoms with Crippen molar-refractivity contribution in [2.75, 3.05) is 0 Å². The maximum atomic E-state index is 10.8. The summed E-state index contributed by atoms with van der Waals surface area (Å²) in [6, 6.07) is 6.32. The van der Waals surface area contributed by atoms with E-state index in [1.54, 1.807) is 12.1 Å². The third-order valence-electron chi connectivity index (χ3n) is 4.03. The molecule has 125 valence electrons. The molecule has 3 nitrogen and oxygen atoms in total. The molecule has 1 rings (SSSR count). The van der Waals surface area contributed by atoms with Crippen LogP contribution in [-0.2, 0) is 21.1 Å². The van der Waals surface area contributed by atoms with E-state index in [2.05, 4.69) is 6.92 Å². The Labute approximate surface area is 135 Å². The van der Waals surface area contributed by atoms with E-state index in [0.29, 0.717) is 0 Å². The number of benzene rings is 1. The van der Waals surface area contributed by atoms with E-state index in [-0.39, 0.29) is 4.90 Å². The van der Waals surface area contributed by atoms with Crippen molar-refractivity contribution in [2.24, 2.45) is 0 Å². The molecule has 22 heavy (non-hydrogen) atoms. The van der Waals surface area contributed by atoms with Gasteiger partial charge < -0.3 is 0 Å². The smallest absolute Gasteiger partial charge is 0.192 e. The summed E-state index contributed by atoms with van der Waals surface area (Å²) >= 11 is 0. The minimum atomic E-state index is -4.31. The fourth-order valence-electron chi connectivity index (χ4n) is 2.64. The molecule has 0 amide bonds. The van der Waals surface area contributed by atoms with Crippen molar-refractivity contribution in [3.8, 4) is 0 Å². The molecule has 0 N–H and O–H groups in total. The average molecular weight is 325 g/mol. The maximum Gasteiger partial charge on any atom is 0.324 e. The third-order valence-corrected chi connectivity index (χ3v) is 4.88. The van der Waals surface area contributed by atoms with Crippen LogP contribution in [0.25, 0.3) is 0 Å². The zero-order valence-electron chi connectivity index (χ0n) is 13.7. The van der Waals surface area contributed by atoms with Crippen molar-refractivity contribution in [1.29, 1.82) is 0 Å². The normalized spacial score (nSPS) is 11.7. The van der Waals surface area contributed by atoms with Crippen molar-refractivity contribution < 1.29 is 13.0 Å². The lowest BCUT2D eigenvalue weighted by atomic mass is 10.0. The van der Waals surface area contributed by atoms with Gasteiger partial charge in [-0.3, -0.25) is 0 Å². The first-order chi connectivity index (χ1) is 10.5. The predicted molar refractivity (Wildman–Crippen MR) is 89.9 cm³/mol. The predicted octanol–water partition coefficient (Wildman–Crippen LogP) is 5.27. The van der Waals surface area contributed by atoms with E-state index < -0.39 is 10.1 Å². The molecule has 0 unspecified atom stereocenters. The summed E-state index contributed by atoms with van der Waals surface area (Å²) in [6.07, 6.45) is 14.0. The molecule has 0 saturated carbocycles. The fourth-order valence-corrected chi connectivity index (χ4v) is 3.11. The van der Waals surface area contributed by atoms with E-state index in [0.717, 1.165) is 18.4 Å². The molecule has 1 aromatic carbocycles. The highest BCUT2D eigenvalue weighted by atomic mass is 32.2. The molecule has 1 radical (unpaired) electrons. The van der Waals surface area contributed by atoms with E-state index in [1.165, 1.54) is 69.9 Å². The van der Waals surface area contributed by atoms with Crippen LogP contribution in [-0.4, -0.2) is 8.42 Å². The molecule has 0 aliphatic heterocycles. The monoisotopic (exact) mass is 325 g/mol. The van der Waals surface area contributed by atoms with Crippen LogP contribution < -0.4 is 0 Å². The Bertz CT molecular complexity index is 492. The molecular formula is C18H29O3S. The van der Waals surface area contributed by atoms with E-state index in [1.807, 2.05) is 0 Å². The lowest BCUT2D eigenvalue weighted by Crippen LogP contribution is -1.96. The quantitative estimate of drug-likeness (QED) is 0.492. The van der Waals surface area contributed by atoms with Gasteiger partial charge in [0.2, 0.25) is 0 Å². The van der Waals surface area contributed by atoms with Gasteiger partial charge in [0.05, 0.1) is 4.90 Å². The number of hydrogen-bond donors (Lipinski definition) is 0. The highest BCUT2D eigenvalue weighted by Crippen LogP contribution is 2.14. The first-order valence-corrected chi connectivity index (χ1v) is 9.99. The van der Waals surface area contributed by atoms with Crippen LogP contribution in [0.5, 0.6) is 0 Å². The van der Waals surface area contributed by atoms with Gasteiger partial charge in [-0.1, -0.05) is 81.4 Å². The molecule has 0 spiro atoms. The van der Waals surface area contributed by atoms with Crippen LogP contribution in [0, 0.1) is 0 Å². The minimum Gasteiger partial charge on any atom is -0.192 e. The molecule has 0 fully saturated rings. The van der Waals surface area contributed by atoms with Gasteiger partial charge in [-0.15, -0.1) is 0 Å². The lowest BCUT2D eigenvalue weighted by molar-refractivity contribution is 0.414. The molecule has 0 aromatic heterocycles. The Morgan fingerprint density at radius 1 is 0.727 bits per heavy atom. The van der Waals surface area contributed by atoms with E-state index in [9.17, 15) is 13.0 Å². The summed E-state index contributed by atoms with van der Waals surface area (Å²) in [5.74, 6) is 0. The van der Waals surface area contributed by atoms with Gasteiger partial charge in [-0.2, -0.15) is 8.42 Å². The Morgan fingerprint density at radius 2 is 1.18 bits per heavy atom. The standard InChI is InChI=1S/C18H29O3S/c1-2-3-4-5-6-7-8-9-10-11-12-17-13-15-18(16-14-17)22(19,20)21/h13-16H,2-12H2,1H3. The second-order valence-corrected chi connectivity index (χ2v) is 7.41. The second kappa shape index (κ2) is 10.8.